The lowest BCUT2D eigenvalue weighted by Gasteiger charge is -2.24. The van der Waals surface area contributed by atoms with Crippen molar-refractivity contribution in [3.63, 3.8) is 0 Å². The van der Waals surface area contributed by atoms with Crippen LogP contribution >= 0.6 is 0 Å². The zero-order valence-corrected chi connectivity index (χ0v) is 9.25. The van der Waals surface area contributed by atoms with E-state index in [0.717, 1.165) is 12.8 Å². The smallest absolute Gasteiger partial charge is 0.131 e. The van der Waals surface area contributed by atoms with Crippen molar-refractivity contribution >= 4 is 11.6 Å². The lowest BCUT2D eigenvalue weighted by atomic mass is 10.1. The summed E-state index contributed by atoms with van der Waals surface area (Å²) < 4.78 is 0. The molecule has 0 aliphatic carbocycles. The van der Waals surface area contributed by atoms with Crippen LogP contribution in [0.5, 0.6) is 0 Å². The molecule has 2 atom stereocenters. The van der Waals surface area contributed by atoms with Gasteiger partial charge in [-0.25, -0.2) is 0 Å². The highest BCUT2D eigenvalue weighted by molar-refractivity contribution is 5.77. The Kier molecular flexibility index (Phi) is 3.81. The van der Waals surface area contributed by atoms with Gasteiger partial charge in [-0.2, -0.15) is 0 Å². The molecule has 0 aromatic rings. The Morgan fingerprint density at radius 2 is 1.43 bits per heavy atom. The highest BCUT2D eigenvalue weighted by atomic mass is 16.1. The fourth-order valence-electron chi connectivity index (χ4n) is 2.25. The average Bonchev–Trinajstić information content (AvgIpc) is 2.34. The summed E-state index contributed by atoms with van der Waals surface area (Å²) in [5.41, 5.74) is 0. The number of rotatable bonds is 4. The molecule has 0 N–H and O–H groups in total. The first-order valence-electron chi connectivity index (χ1n) is 5.21. The van der Waals surface area contributed by atoms with E-state index in [0.29, 0.717) is 24.9 Å². The summed E-state index contributed by atoms with van der Waals surface area (Å²) >= 11 is 0. The summed E-state index contributed by atoms with van der Waals surface area (Å²) in [6.07, 6.45) is 3.36. The van der Waals surface area contributed by atoms with Gasteiger partial charge in [0.15, 0.2) is 0 Å². The predicted molar refractivity (Wildman–Crippen MR) is 55.2 cm³/mol. The maximum atomic E-state index is 11.0. The quantitative estimate of drug-likeness (QED) is 0.683. The third-order valence-electron chi connectivity index (χ3n) is 3.03. The van der Waals surface area contributed by atoms with Crippen molar-refractivity contribution in [1.82, 2.24) is 4.90 Å². The molecular formula is C11H19NO2. The van der Waals surface area contributed by atoms with Gasteiger partial charge >= 0.3 is 0 Å². The second-order valence-electron chi connectivity index (χ2n) is 4.36. The van der Waals surface area contributed by atoms with Crippen LogP contribution in [0, 0.1) is 0 Å². The molecule has 1 heterocycles. The van der Waals surface area contributed by atoms with E-state index in [1.807, 2.05) is 7.05 Å². The molecule has 14 heavy (non-hydrogen) atoms. The van der Waals surface area contributed by atoms with E-state index in [2.05, 4.69) is 4.90 Å². The highest BCUT2D eigenvalue weighted by Crippen LogP contribution is 2.26. The lowest BCUT2D eigenvalue weighted by molar-refractivity contribution is -0.118. The zero-order valence-electron chi connectivity index (χ0n) is 9.25. The molecule has 3 heteroatoms. The van der Waals surface area contributed by atoms with Gasteiger partial charge in [0.1, 0.15) is 11.6 Å². The lowest BCUT2D eigenvalue weighted by Crippen LogP contribution is -2.34. The normalized spacial score (nSPS) is 27.9. The minimum atomic E-state index is 0.241. The van der Waals surface area contributed by atoms with Crippen LogP contribution in [0.3, 0.4) is 0 Å². The number of likely N-dealkylation sites (tertiary alicyclic amines) is 1. The number of nitrogens with zero attached hydrogens (tertiary/aromatic N) is 1. The van der Waals surface area contributed by atoms with Gasteiger partial charge in [-0.05, 0) is 33.7 Å². The largest absolute Gasteiger partial charge is 0.300 e. The highest BCUT2D eigenvalue weighted by Gasteiger charge is 2.31. The fourth-order valence-corrected chi connectivity index (χ4v) is 2.25. The molecule has 0 bridgehead atoms. The van der Waals surface area contributed by atoms with Crippen molar-refractivity contribution in [3.05, 3.63) is 0 Å². The molecule has 3 nitrogen and oxygen atoms in total. The first kappa shape index (κ1) is 11.4. The Labute approximate surface area is 85.5 Å². The first-order chi connectivity index (χ1) is 6.50. The van der Waals surface area contributed by atoms with Gasteiger partial charge in [-0.1, -0.05) is 0 Å². The number of Topliss-reactive ketones (excluding diaryl/α,β-unsaturated/α-hetero) is 2. The zero-order chi connectivity index (χ0) is 10.7. The number of ketones is 2. The molecule has 0 aromatic carbocycles. The summed E-state index contributed by atoms with van der Waals surface area (Å²) in [5.74, 6) is 0.482. The fraction of sp³-hybridized carbons (Fsp3) is 0.818. The van der Waals surface area contributed by atoms with Gasteiger partial charge in [0, 0.05) is 24.9 Å². The van der Waals surface area contributed by atoms with Crippen LogP contribution in [0.1, 0.15) is 39.5 Å². The van der Waals surface area contributed by atoms with Crippen molar-refractivity contribution in [2.75, 3.05) is 7.05 Å². The average molecular weight is 197 g/mol. The van der Waals surface area contributed by atoms with Crippen LogP contribution in [0.25, 0.3) is 0 Å². The van der Waals surface area contributed by atoms with Crippen LogP contribution in [-0.4, -0.2) is 35.6 Å². The van der Waals surface area contributed by atoms with E-state index in [1.54, 1.807) is 13.8 Å². The second kappa shape index (κ2) is 4.69. The molecule has 0 saturated carbocycles. The maximum absolute atomic E-state index is 11.0. The van der Waals surface area contributed by atoms with E-state index < -0.39 is 0 Å². The second-order valence-corrected chi connectivity index (χ2v) is 4.36. The van der Waals surface area contributed by atoms with Crippen LogP contribution in [0.15, 0.2) is 0 Å². The van der Waals surface area contributed by atoms with Crippen LogP contribution in [0.2, 0.25) is 0 Å². The third kappa shape index (κ3) is 2.91. The Morgan fingerprint density at radius 3 is 1.71 bits per heavy atom. The Bertz CT molecular complexity index is 213. The molecule has 0 radical (unpaired) electrons. The third-order valence-corrected chi connectivity index (χ3v) is 3.03. The van der Waals surface area contributed by atoms with Gasteiger partial charge in [0.05, 0.1) is 0 Å². The first-order valence-corrected chi connectivity index (χ1v) is 5.21. The van der Waals surface area contributed by atoms with Gasteiger partial charge in [-0.15, -0.1) is 0 Å². The predicted octanol–water partition coefficient (Wildman–Crippen LogP) is 1.41. The molecule has 0 amide bonds. The summed E-state index contributed by atoms with van der Waals surface area (Å²) in [7, 11) is 2.02. The van der Waals surface area contributed by atoms with Gasteiger partial charge in [0.2, 0.25) is 0 Å². The summed E-state index contributed by atoms with van der Waals surface area (Å²) in [5, 5.41) is 0. The molecule has 1 aliphatic heterocycles. The summed E-state index contributed by atoms with van der Waals surface area (Å²) in [4.78, 5) is 24.2. The van der Waals surface area contributed by atoms with Gasteiger partial charge in [-0.3, -0.25) is 14.5 Å². The van der Waals surface area contributed by atoms with Crippen molar-refractivity contribution in [2.45, 2.75) is 51.6 Å². The van der Waals surface area contributed by atoms with Crippen molar-refractivity contribution in [1.29, 1.82) is 0 Å². The van der Waals surface area contributed by atoms with E-state index in [9.17, 15) is 9.59 Å². The molecule has 1 rings (SSSR count). The van der Waals surface area contributed by atoms with Crippen LogP contribution in [0.4, 0.5) is 0 Å². The number of hydrogen-bond donors (Lipinski definition) is 0. The number of hydrogen-bond acceptors (Lipinski definition) is 3. The van der Waals surface area contributed by atoms with E-state index in [1.165, 1.54) is 0 Å². The van der Waals surface area contributed by atoms with E-state index >= 15 is 0 Å². The molecule has 1 saturated heterocycles. The molecule has 2 unspecified atom stereocenters. The SMILES string of the molecule is CC(=O)CC1CCC(CC(C)=O)N1C. The van der Waals surface area contributed by atoms with Crippen molar-refractivity contribution in [3.8, 4) is 0 Å². The van der Waals surface area contributed by atoms with Gasteiger partial charge in [0.25, 0.3) is 0 Å². The summed E-state index contributed by atoms with van der Waals surface area (Å²) in [6, 6.07) is 0.716. The minimum absolute atomic E-state index is 0.241. The van der Waals surface area contributed by atoms with Crippen LogP contribution < -0.4 is 0 Å². The van der Waals surface area contributed by atoms with Gasteiger partial charge < -0.3 is 0 Å². The molecular weight excluding hydrogens is 178 g/mol. The topological polar surface area (TPSA) is 37.4 Å². The van der Waals surface area contributed by atoms with Crippen LogP contribution in [-0.2, 0) is 9.59 Å². The van der Waals surface area contributed by atoms with Crippen molar-refractivity contribution in [2.24, 2.45) is 0 Å². The monoisotopic (exact) mass is 197 g/mol. The molecule has 0 aromatic heterocycles. The Hall–Kier alpha value is -0.700. The standard InChI is InChI=1S/C11H19NO2/c1-8(13)6-10-4-5-11(12(10)3)7-9(2)14/h10-11H,4-7H2,1-3H3. The Balaban J connectivity index is 2.46. The number of carbonyl (C=O) groups excluding carboxylic acids is 2. The molecule has 1 aliphatic rings. The summed E-state index contributed by atoms with van der Waals surface area (Å²) in [6.45, 7) is 3.26. The maximum Gasteiger partial charge on any atom is 0.131 e. The number of carbonyl (C=O) groups is 2. The van der Waals surface area contributed by atoms with Crippen molar-refractivity contribution < 1.29 is 9.59 Å². The molecule has 80 valence electrons. The molecule has 1 fully saturated rings. The minimum Gasteiger partial charge on any atom is -0.300 e. The van der Waals surface area contributed by atoms with E-state index in [4.69, 9.17) is 0 Å². The Morgan fingerprint density at radius 1 is 1.07 bits per heavy atom. The van der Waals surface area contributed by atoms with E-state index in [-0.39, 0.29) is 11.6 Å². The molecule has 0 spiro atoms.